The average molecular weight is 179 g/mol. The van der Waals surface area contributed by atoms with Crippen molar-refractivity contribution in [3.8, 4) is 0 Å². The van der Waals surface area contributed by atoms with Crippen molar-refractivity contribution >= 4 is 24.7 Å². The van der Waals surface area contributed by atoms with Gasteiger partial charge in [0.15, 0.2) is 0 Å². The maximum atomic E-state index is 10.1. The molecule has 0 unspecified atom stereocenters. The van der Waals surface area contributed by atoms with Crippen molar-refractivity contribution in [1.29, 1.82) is 0 Å². The van der Waals surface area contributed by atoms with Crippen molar-refractivity contribution in [3.05, 3.63) is 35.9 Å². The standard InChI is InChI=1S/C9H8O2S/c10-9(11)6-3-7-1-4-8(12)5-2-7/h1-6,12H,(H,10,11)/p-1/b6-3+. The topological polar surface area (TPSA) is 37.3 Å². The molecule has 0 fully saturated rings. The summed E-state index contributed by atoms with van der Waals surface area (Å²) in [5, 5.41) is 8.32. The lowest BCUT2D eigenvalue weighted by atomic mass is 10.2. The number of rotatable bonds is 2. The van der Waals surface area contributed by atoms with Crippen molar-refractivity contribution < 1.29 is 9.90 Å². The summed E-state index contributed by atoms with van der Waals surface area (Å²) in [5.74, 6) is -0.947. The number of hydrogen-bond acceptors (Lipinski definition) is 2. The molecule has 0 atom stereocenters. The first kappa shape index (κ1) is 8.74. The Hall–Kier alpha value is -1.35. The molecule has 0 saturated carbocycles. The first-order chi connectivity index (χ1) is 5.68. The highest BCUT2D eigenvalue weighted by Crippen LogP contribution is 2.04. The number of benzene rings is 1. The monoisotopic (exact) mass is 179 g/mol. The maximum Gasteiger partial charge on any atom is 0.328 e. The van der Waals surface area contributed by atoms with Crippen LogP contribution in [0.4, 0.5) is 0 Å². The Morgan fingerprint density at radius 2 is 1.92 bits per heavy atom. The molecule has 0 spiro atoms. The average Bonchev–Trinajstić information content (AvgIpc) is 2.03. The van der Waals surface area contributed by atoms with Crippen LogP contribution in [-0.2, 0) is 17.4 Å². The molecule has 0 aliphatic rings. The highest BCUT2D eigenvalue weighted by molar-refractivity contribution is 7.58. The molecule has 1 N–H and O–H groups in total. The second-order valence-corrected chi connectivity index (χ2v) is 2.71. The second-order valence-electron chi connectivity index (χ2n) is 2.24. The fourth-order valence-corrected chi connectivity index (χ4v) is 0.883. The van der Waals surface area contributed by atoms with E-state index in [1.165, 1.54) is 6.08 Å². The molecule has 12 heavy (non-hydrogen) atoms. The van der Waals surface area contributed by atoms with Gasteiger partial charge in [0.25, 0.3) is 0 Å². The van der Waals surface area contributed by atoms with Gasteiger partial charge in [0.05, 0.1) is 0 Å². The summed E-state index contributed by atoms with van der Waals surface area (Å²) in [6, 6.07) is 7.08. The third-order valence-corrected chi connectivity index (χ3v) is 1.57. The largest absolute Gasteiger partial charge is 0.780 e. The normalized spacial score (nSPS) is 10.3. The van der Waals surface area contributed by atoms with Gasteiger partial charge in [0, 0.05) is 6.08 Å². The molecule has 0 bridgehead atoms. The summed E-state index contributed by atoms with van der Waals surface area (Å²) in [4.78, 5) is 10.9. The van der Waals surface area contributed by atoms with E-state index in [9.17, 15) is 4.79 Å². The van der Waals surface area contributed by atoms with Crippen molar-refractivity contribution in [1.82, 2.24) is 0 Å². The van der Waals surface area contributed by atoms with Crippen LogP contribution in [0.1, 0.15) is 5.56 Å². The van der Waals surface area contributed by atoms with Gasteiger partial charge in [-0.05, 0) is 11.6 Å². The van der Waals surface area contributed by atoms with E-state index in [0.29, 0.717) is 0 Å². The Morgan fingerprint density at radius 3 is 2.42 bits per heavy atom. The fraction of sp³-hybridized carbons (Fsp3) is 0. The van der Waals surface area contributed by atoms with Crippen LogP contribution in [0.3, 0.4) is 0 Å². The summed E-state index contributed by atoms with van der Waals surface area (Å²) >= 11 is 4.87. The smallest absolute Gasteiger partial charge is 0.328 e. The van der Waals surface area contributed by atoms with Crippen LogP contribution < -0.4 is 0 Å². The van der Waals surface area contributed by atoms with Gasteiger partial charge in [-0.2, -0.15) is 4.90 Å². The molecular weight excluding hydrogens is 172 g/mol. The Kier molecular flexibility index (Phi) is 2.82. The minimum atomic E-state index is -0.947. The third kappa shape index (κ3) is 2.72. The van der Waals surface area contributed by atoms with E-state index in [2.05, 4.69) is 0 Å². The maximum absolute atomic E-state index is 10.1. The van der Waals surface area contributed by atoms with E-state index in [4.69, 9.17) is 17.7 Å². The molecule has 1 aromatic rings. The molecular formula is C9H7O2S-. The summed E-state index contributed by atoms with van der Waals surface area (Å²) in [7, 11) is 0. The second kappa shape index (κ2) is 3.88. The van der Waals surface area contributed by atoms with E-state index >= 15 is 0 Å². The van der Waals surface area contributed by atoms with E-state index in [0.717, 1.165) is 16.5 Å². The summed E-state index contributed by atoms with van der Waals surface area (Å²) < 4.78 is 0. The van der Waals surface area contributed by atoms with Crippen LogP contribution in [0, 0.1) is 0 Å². The van der Waals surface area contributed by atoms with Crippen LogP contribution in [0.2, 0.25) is 0 Å². The molecule has 0 aromatic heterocycles. The molecule has 3 heteroatoms. The van der Waals surface area contributed by atoms with E-state index in [1.807, 2.05) is 0 Å². The number of carbonyl (C=O) groups is 1. The van der Waals surface area contributed by atoms with Crippen LogP contribution in [0.25, 0.3) is 6.08 Å². The van der Waals surface area contributed by atoms with Gasteiger partial charge in [-0.15, -0.1) is 0 Å². The van der Waals surface area contributed by atoms with Crippen molar-refractivity contribution in [3.63, 3.8) is 0 Å². The lowest BCUT2D eigenvalue weighted by Gasteiger charge is -2.02. The molecule has 0 amide bonds. The molecule has 0 aliphatic carbocycles. The minimum Gasteiger partial charge on any atom is -0.780 e. The predicted molar refractivity (Wildman–Crippen MR) is 48.7 cm³/mol. The predicted octanol–water partition coefficient (Wildman–Crippen LogP) is 1.69. The van der Waals surface area contributed by atoms with Gasteiger partial charge < -0.3 is 17.7 Å². The zero-order chi connectivity index (χ0) is 8.97. The Bertz CT molecular complexity index is 301. The number of aliphatic carboxylic acids is 1. The molecule has 0 heterocycles. The van der Waals surface area contributed by atoms with E-state index in [-0.39, 0.29) is 0 Å². The highest BCUT2D eigenvalue weighted by atomic mass is 32.1. The Balaban J connectivity index is 2.77. The van der Waals surface area contributed by atoms with Gasteiger partial charge >= 0.3 is 5.97 Å². The zero-order valence-corrected chi connectivity index (χ0v) is 7.04. The van der Waals surface area contributed by atoms with Crippen molar-refractivity contribution in [2.75, 3.05) is 0 Å². The fourth-order valence-electron chi connectivity index (χ4n) is 0.746. The molecule has 0 radical (unpaired) electrons. The number of carboxylic acid groups (broad SMARTS) is 1. The number of carboxylic acids is 1. The van der Waals surface area contributed by atoms with Gasteiger partial charge in [-0.25, -0.2) is 4.79 Å². The number of hydrogen-bond donors (Lipinski definition) is 1. The molecule has 0 aliphatic heterocycles. The molecule has 0 saturated heterocycles. The third-order valence-electron chi connectivity index (χ3n) is 1.30. The SMILES string of the molecule is O=C(O)/C=C/c1ccc([S-])cc1. The van der Waals surface area contributed by atoms with Crippen molar-refractivity contribution in [2.24, 2.45) is 0 Å². The van der Waals surface area contributed by atoms with Gasteiger partial charge in [0.1, 0.15) is 0 Å². The first-order valence-electron chi connectivity index (χ1n) is 3.36. The summed E-state index contributed by atoms with van der Waals surface area (Å²) in [5.41, 5.74) is 0.839. The minimum absolute atomic E-state index is 0.752. The van der Waals surface area contributed by atoms with Crippen LogP contribution in [0.5, 0.6) is 0 Å². The van der Waals surface area contributed by atoms with Crippen LogP contribution >= 0.6 is 0 Å². The molecule has 62 valence electrons. The van der Waals surface area contributed by atoms with Crippen LogP contribution in [-0.4, -0.2) is 11.1 Å². The molecule has 2 nitrogen and oxygen atoms in total. The molecule has 1 rings (SSSR count). The highest BCUT2D eigenvalue weighted by Gasteiger charge is 1.86. The first-order valence-corrected chi connectivity index (χ1v) is 3.77. The quantitative estimate of drug-likeness (QED) is 0.554. The van der Waals surface area contributed by atoms with Gasteiger partial charge in [0.2, 0.25) is 0 Å². The van der Waals surface area contributed by atoms with Gasteiger partial charge in [-0.3, -0.25) is 0 Å². The lowest BCUT2D eigenvalue weighted by molar-refractivity contribution is -0.131. The van der Waals surface area contributed by atoms with Crippen LogP contribution in [0.15, 0.2) is 35.2 Å². The Labute approximate surface area is 75.9 Å². The van der Waals surface area contributed by atoms with Crippen molar-refractivity contribution in [2.45, 2.75) is 4.90 Å². The summed E-state index contributed by atoms with van der Waals surface area (Å²) in [6.45, 7) is 0. The Morgan fingerprint density at radius 1 is 1.33 bits per heavy atom. The van der Waals surface area contributed by atoms with Gasteiger partial charge in [-0.1, -0.05) is 24.3 Å². The van der Waals surface area contributed by atoms with E-state index in [1.54, 1.807) is 24.3 Å². The lowest BCUT2D eigenvalue weighted by Crippen LogP contribution is -1.85. The molecule has 1 aromatic carbocycles. The zero-order valence-electron chi connectivity index (χ0n) is 6.23. The van der Waals surface area contributed by atoms with E-state index < -0.39 is 5.97 Å². The summed E-state index contributed by atoms with van der Waals surface area (Å²) in [6.07, 6.45) is 2.62.